The Morgan fingerprint density at radius 2 is 2.00 bits per heavy atom. The van der Waals surface area contributed by atoms with E-state index in [9.17, 15) is 8.78 Å². The summed E-state index contributed by atoms with van der Waals surface area (Å²) in [4.78, 5) is 8.07. The van der Waals surface area contributed by atoms with Crippen LogP contribution in [0.25, 0.3) is 11.5 Å². The van der Waals surface area contributed by atoms with Gasteiger partial charge in [-0.15, -0.1) is 0 Å². The molecule has 112 valence electrons. The van der Waals surface area contributed by atoms with E-state index in [-0.39, 0.29) is 11.8 Å². The van der Waals surface area contributed by atoms with Crippen molar-refractivity contribution in [2.75, 3.05) is 5.32 Å². The molecule has 0 bridgehead atoms. The summed E-state index contributed by atoms with van der Waals surface area (Å²) in [6.45, 7) is 0.136. The normalized spacial score (nSPS) is 10.7. The van der Waals surface area contributed by atoms with Crippen molar-refractivity contribution < 1.29 is 13.2 Å². The van der Waals surface area contributed by atoms with Crippen LogP contribution in [0.1, 0.15) is 5.56 Å². The quantitative estimate of drug-likeness (QED) is 0.729. The molecular formula is C15H10ClF2N3O. The Labute approximate surface area is 129 Å². The monoisotopic (exact) mass is 321 g/mol. The van der Waals surface area contributed by atoms with E-state index < -0.39 is 11.6 Å². The van der Waals surface area contributed by atoms with Gasteiger partial charge in [0, 0.05) is 24.2 Å². The zero-order valence-electron chi connectivity index (χ0n) is 11.2. The molecule has 0 unspecified atom stereocenters. The minimum absolute atomic E-state index is 0.0379. The third-order valence-corrected chi connectivity index (χ3v) is 3.12. The number of nitrogens with zero attached hydrogens (tertiary/aromatic N) is 2. The highest BCUT2D eigenvalue weighted by Gasteiger charge is 2.09. The summed E-state index contributed by atoms with van der Waals surface area (Å²) in [5.74, 6) is -0.291. The molecule has 7 heteroatoms. The number of benzene rings is 1. The zero-order chi connectivity index (χ0) is 15.5. The number of hydrogen-bond acceptors (Lipinski definition) is 4. The van der Waals surface area contributed by atoms with Crippen LogP contribution in [-0.4, -0.2) is 9.97 Å². The molecule has 3 aromatic rings. The minimum Gasteiger partial charge on any atom is -0.463 e. The highest BCUT2D eigenvalue weighted by atomic mass is 35.5. The molecule has 0 radical (unpaired) electrons. The first-order valence-corrected chi connectivity index (χ1v) is 6.76. The van der Waals surface area contributed by atoms with Crippen LogP contribution >= 0.6 is 11.6 Å². The third kappa shape index (κ3) is 3.23. The summed E-state index contributed by atoms with van der Waals surface area (Å²) in [5, 5.41) is 2.96. The zero-order valence-corrected chi connectivity index (χ0v) is 11.9. The van der Waals surface area contributed by atoms with Gasteiger partial charge in [0.15, 0.2) is 5.76 Å². The Morgan fingerprint density at radius 1 is 1.14 bits per heavy atom. The van der Waals surface area contributed by atoms with Crippen molar-refractivity contribution >= 4 is 17.4 Å². The van der Waals surface area contributed by atoms with Crippen molar-refractivity contribution in [3.05, 3.63) is 65.1 Å². The number of aromatic nitrogens is 2. The van der Waals surface area contributed by atoms with Crippen LogP contribution in [0, 0.1) is 11.6 Å². The van der Waals surface area contributed by atoms with Crippen molar-refractivity contribution in [3.63, 3.8) is 0 Å². The van der Waals surface area contributed by atoms with Crippen molar-refractivity contribution in [2.45, 2.75) is 6.54 Å². The number of nitrogens with one attached hydrogen (secondary N) is 1. The van der Waals surface area contributed by atoms with Gasteiger partial charge >= 0.3 is 0 Å². The third-order valence-electron chi connectivity index (χ3n) is 2.95. The molecule has 0 aliphatic carbocycles. The first kappa shape index (κ1) is 14.5. The molecule has 0 amide bonds. The molecule has 0 aliphatic rings. The van der Waals surface area contributed by atoms with E-state index in [2.05, 4.69) is 15.3 Å². The predicted octanol–water partition coefficient (Wildman–Crippen LogP) is 4.28. The van der Waals surface area contributed by atoms with Crippen LogP contribution in [-0.2, 0) is 6.54 Å². The standard InChI is InChI=1S/C15H10ClF2N3O/c16-15-20-12(13-2-1-5-22-13)7-14(21-15)19-8-9-3-4-10(17)6-11(9)18/h1-7H,8H2,(H,19,20,21). The fourth-order valence-electron chi connectivity index (χ4n) is 1.91. The average Bonchev–Trinajstić information content (AvgIpc) is 3.00. The molecule has 0 saturated carbocycles. The topological polar surface area (TPSA) is 51.0 Å². The van der Waals surface area contributed by atoms with Gasteiger partial charge in [0.1, 0.15) is 23.1 Å². The molecule has 0 aliphatic heterocycles. The van der Waals surface area contributed by atoms with Gasteiger partial charge in [-0.05, 0) is 29.8 Å². The Balaban J connectivity index is 1.80. The maximum absolute atomic E-state index is 13.6. The van der Waals surface area contributed by atoms with Crippen molar-refractivity contribution in [1.82, 2.24) is 9.97 Å². The second kappa shape index (κ2) is 6.11. The summed E-state index contributed by atoms with van der Waals surface area (Å²) in [5.41, 5.74) is 0.822. The summed E-state index contributed by atoms with van der Waals surface area (Å²) >= 11 is 5.87. The first-order valence-electron chi connectivity index (χ1n) is 6.38. The number of halogens is 3. The SMILES string of the molecule is Fc1ccc(CNc2cc(-c3ccco3)nc(Cl)n2)c(F)c1. The van der Waals surface area contributed by atoms with Crippen LogP contribution in [0.2, 0.25) is 5.28 Å². The molecule has 2 heterocycles. The van der Waals surface area contributed by atoms with Gasteiger partial charge in [0.2, 0.25) is 5.28 Å². The predicted molar refractivity (Wildman–Crippen MR) is 78.4 cm³/mol. The van der Waals surface area contributed by atoms with Crippen LogP contribution < -0.4 is 5.32 Å². The van der Waals surface area contributed by atoms with Gasteiger partial charge in [0.05, 0.1) is 6.26 Å². The molecule has 0 fully saturated rings. The Bertz CT molecular complexity index is 793. The smallest absolute Gasteiger partial charge is 0.225 e. The van der Waals surface area contributed by atoms with Gasteiger partial charge in [-0.2, -0.15) is 0 Å². The maximum atomic E-state index is 13.6. The largest absolute Gasteiger partial charge is 0.463 e. The number of furan rings is 1. The van der Waals surface area contributed by atoms with Crippen LogP contribution in [0.15, 0.2) is 47.1 Å². The second-order valence-corrected chi connectivity index (χ2v) is 4.81. The molecule has 0 saturated heterocycles. The fraction of sp³-hybridized carbons (Fsp3) is 0.0667. The first-order chi connectivity index (χ1) is 10.6. The van der Waals surface area contributed by atoms with Crippen LogP contribution in [0.4, 0.5) is 14.6 Å². The Hall–Kier alpha value is -2.47. The number of anilines is 1. The number of rotatable bonds is 4. The van der Waals surface area contributed by atoms with E-state index in [1.807, 2.05) is 0 Å². The molecule has 2 aromatic heterocycles. The molecular weight excluding hydrogens is 312 g/mol. The lowest BCUT2D eigenvalue weighted by atomic mass is 10.2. The Morgan fingerprint density at radius 3 is 2.73 bits per heavy atom. The molecule has 1 aromatic carbocycles. The van der Waals surface area contributed by atoms with Crippen LogP contribution in [0.5, 0.6) is 0 Å². The minimum atomic E-state index is -0.626. The van der Waals surface area contributed by atoms with E-state index in [1.54, 1.807) is 18.2 Å². The van der Waals surface area contributed by atoms with Crippen molar-refractivity contribution in [2.24, 2.45) is 0 Å². The average molecular weight is 322 g/mol. The summed E-state index contributed by atoms with van der Waals surface area (Å²) < 4.78 is 31.7. The number of hydrogen-bond donors (Lipinski definition) is 1. The van der Waals surface area contributed by atoms with E-state index in [4.69, 9.17) is 16.0 Å². The Kier molecular flexibility index (Phi) is 4.02. The fourth-order valence-corrected chi connectivity index (χ4v) is 2.09. The summed E-state index contributed by atoms with van der Waals surface area (Å²) in [7, 11) is 0. The second-order valence-electron chi connectivity index (χ2n) is 4.47. The highest BCUT2D eigenvalue weighted by molar-refractivity contribution is 6.28. The van der Waals surface area contributed by atoms with E-state index in [1.165, 1.54) is 18.4 Å². The van der Waals surface area contributed by atoms with Gasteiger partial charge in [-0.1, -0.05) is 6.07 Å². The van der Waals surface area contributed by atoms with E-state index >= 15 is 0 Å². The molecule has 0 spiro atoms. The highest BCUT2D eigenvalue weighted by Crippen LogP contribution is 2.22. The van der Waals surface area contributed by atoms with Gasteiger partial charge in [-0.25, -0.2) is 18.7 Å². The lowest BCUT2D eigenvalue weighted by Gasteiger charge is -2.08. The molecule has 1 N–H and O–H groups in total. The molecule has 0 atom stereocenters. The van der Waals surface area contributed by atoms with Gasteiger partial charge < -0.3 is 9.73 Å². The molecule has 22 heavy (non-hydrogen) atoms. The van der Waals surface area contributed by atoms with Crippen LogP contribution in [0.3, 0.4) is 0 Å². The summed E-state index contributed by atoms with van der Waals surface area (Å²) in [6, 6.07) is 8.49. The van der Waals surface area contributed by atoms with E-state index in [0.29, 0.717) is 22.8 Å². The lowest BCUT2D eigenvalue weighted by molar-refractivity contribution is 0.574. The molecule has 4 nitrogen and oxygen atoms in total. The van der Waals surface area contributed by atoms with Gasteiger partial charge in [0.25, 0.3) is 0 Å². The maximum Gasteiger partial charge on any atom is 0.225 e. The van der Waals surface area contributed by atoms with Gasteiger partial charge in [-0.3, -0.25) is 0 Å². The molecule has 3 rings (SSSR count). The van der Waals surface area contributed by atoms with Crippen molar-refractivity contribution in [1.29, 1.82) is 0 Å². The van der Waals surface area contributed by atoms with E-state index in [0.717, 1.165) is 6.07 Å². The summed E-state index contributed by atoms with van der Waals surface area (Å²) in [6.07, 6.45) is 1.52. The lowest BCUT2D eigenvalue weighted by Crippen LogP contribution is -2.04. The van der Waals surface area contributed by atoms with Crippen molar-refractivity contribution in [3.8, 4) is 11.5 Å².